The summed E-state index contributed by atoms with van der Waals surface area (Å²) in [4.78, 5) is 14.2. The molecule has 1 heterocycles. The fourth-order valence-corrected chi connectivity index (χ4v) is 2.66. The molecule has 0 bridgehead atoms. The van der Waals surface area contributed by atoms with Crippen LogP contribution in [0.15, 0.2) is 54.6 Å². The number of nitrogens with zero attached hydrogens (tertiary/aromatic N) is 1. The van der Waals surface area contributed by atoms with E-state index in [0.29, 0.717) is 0 Å². The second kappa shape index (κ2) is 6.47. The van der Waals surface area contributed by atoms with Gasteiger partial charge in [-0.2, -0.15) is 0 Å². The zero-order valence-electron chi connectivity index (χ0n) is 12.1. The van der Waals surface area contributed by atoms with Crippen LogP contribution >= 0.6 is 0 Å². The Kier molecular flexibility index (Phi) is 4.23. The molecule has 2 N–H and O–H groups in total. The van der Waals surface area contributed by atoms with Crippen molar-refractivity contribution in [3.8, 4) is 0 Å². The van der Waals surface area contributed by atoms with Gasteiger partial charge in [0.25, 0.3) is 0 Å². The minimum atomic E-state index is -0.435. The van der Waals surface area contributed by atoms with Crippen molar-refractivity contribution < 1.29 is 9.18 Å². The molecule has 22 heavy (non-hydrogen) atoms. The first-order chi connectivity index (χ1) is 10.7. The SMILES string of the molecule is O=C(Nc1ccccc1F)N[C@@H]1CCN(c2ccccc2)C1. The number of nitrogens with one attached hydrogen (secondary N) is 2. The largest absolute Gasteiger partial charge is 0.369 e. The molecule has 1 aliphatic heterocycles. The third-order valence-corrected chi connectivity index (χ3v) is 3.77. The van der Waals surface area contributed by atoms with Crippen molar-refractivity contribution in [1.29, 1.82) is 0 Å². The monoisotopic (exact) mass is 299 g/mol. The first-order valence-electron chi connectivity index (χ1n) is 7.34. The zero-order valence-corrected chi connectivity index (χ0v) is 12.1. The molecular formula is C17H18FN3O. The van der Waals surface area contributed by atoms with Crippen molar-refractivity contribution in [2.75, 3.05) is 23.3 Å². The van der Waals surface area contributed by atoms with Crippen molar-refractivity contribution >= 4 is 17.4 Å². The smallest absolute Gasteiger partial charge is 0.319 e. The highest BCUT2D eigenvalue weighted by molar-refractivity contribution is 5.89. The Morgan fingerprint density at radius 1 is 1.09 bits per heavy atom. The van der Waals surface area contributed by atoms with E-state index in [1.54, 1.807) is 18.2 Å². The summed E-state index contributed by atoms with van der Waals surface area (Å²) in [5.74, 6) is -0.435. The summed E-state index contributed by atoms with van der Waals surface area (Å²) >= 11 is 0. The van der Waals surface area contributed by atoms with E-state index >= 15 is 0 Å². The second-order valence-corrected chi connectivity index (χ2v) is 5.35. The van der Waals surface area contributed by atoms with E-state index in [1.165, 1.54) is 6.07 Å². The maximum atomic E-state index is 13.5. The van der Waals surface area contributed by atoms with Gasteiger partial charge in [0.05, 0.1) is 5.69 Å². The lowest BCUT2D eigenvalue weighted by atomic mass is 10.2. The number of halogens is 1. The molecule has 1 saturated heterocycles. The molecule has 1 fully saturated rings. The van der Waals surface area contributed by atoms with Crippen molar-refractivity contribution in [2.24, 2.45) is 0 Å². The van der Waals surface area contributed by atoms with Gasteiger partial charge in [0.15, 0.2) is 0 Å². The minimum Gasteiger partial charge on any atom is -0.369 e. The maximum absolute atomic E-state index is 13.5. The molecule has 4 nitrogen and oxygen atoms in total. The van der Waals surface area contributed by atoms with Gasteiger partial charge >= 0.3 is 6.03 Å². The third-order valence-electron chi connectivity index (χ3n) is 3.77. The summed E-state index contributed by atoms with van der Waals surface area (Å²) in [6.45, 7) is 1.66. The molecule has 1 aliphatic rings. The van der Waals surface area contributed by atoms with Gasteiger partial charge in [0.2, 0.25) is 0 Å². The van der Waals surface area contributed by atoms with Crippen LogP contribution in [0.3, 0.4) is 0 Å². The van der Waals surface area contributed by atoms with Gasteiger partial charge in [-0.15, -0.1) is 0 Å². The fraction of sp³-hybridized carbons (Fsp3) is 0.235. The van der Waals surface area contributed by atoms with Crippen LogP contribution in [-0.4, -0.2) is 25.2 Å². The van der Waals surface area contributed by atoms with Crippen molar-refractivity contribution in [2.45, 2.75) is 12.5 Å². The molecule has 0 radical (unpaired) electrons. The first-order valence-corrected chi connectivity index (χ1v) is 7.34. The van der Waals surface area contributed by atoms with Crippen LogP contribution in [0.2, 0.25) is 0 Å². The van der Waals surface area contributed by atoms with Crippen LogP contribution in [0, 0.1) is 5.82 Å². The molecule has 0 saturated carbocycles. The van der Waals surface area contributed by atoms with Crippen LogP contribution < -0.4 is 15.5 Å². The molecule has 1 atom stereocenters. The number of urea groups is 1. The predicted molar refractivity (Wildman–Crippen MR) is 85.6 cm³/mol. The van der Waals surface area contributed by atoms with Crippen molar-refractivity contribution in [3.63, 3.8) is 0 Å². The number of para-hydroxylation sites is 2. The number of rotatable bonds is 3. The Hall–Kier alpha value is -2.56. The van der Waals surface area contributed by atoms with E-state index in [1.807, 2.05) is 18.2 Å². The van der Waals surface area contributed by atoms with Crippen molar-refractivity contribution in [3.05, 3.63) is 60.4 Å². The quantitative estimate of drug-likeness (QED) is 0.914. The highest BCUT2D eigenvalue weighted by Crippen LogP contribution is 2.20. The zero-order chi connectivity index (χ0) is 15.4. The van der Waals surface area contributed by atoms with Crippen LogP contribution in [0.4, 0.5) is 20.6 Å². The van der Waals surface area contributed by atoms with E-state index in [0.717, 1.165) is 25.2 Å². The summed E-state index contributed by atoms with van der Waals surface area (Å²) in [5.41, 5.74) is 1.35. The summed E-state index contributed by atoms with van der Waals surface area (Å²) in [7, 11) is 0. The Bertz CT molecular complexity index is 647. The lowest BCUT2D eigenvalue weighted by Gasteiger charge is -2.19. The lowest BCUT2D eigenvalue weighted by molar-refractivity contribution is 0.249. The van der Waals surface area contributed by atoms with Gasteiger partial charge in [-0.05, 0) is 30.7 Å². The number of anilines is 2. The maximum Gasteiger partial charge on any atom is 0.319 e. The van der Waals surface area contributed by atoms with E-state index in [4.69, 9.17) is 0 Å². The van der Waals surface area contributed by atoms with E-state index in [2.05, 4.69) is 27.7 Å². The standard InChI is InChI=1S/C17H18FN3O/c18-15-8-4-5-9-16(15)20-17(22)19-13-10-11-21(12-13)14-6-2-1-3-7-14/h1-9,13H,10-12H2,(H2,19,20,22)/t13-/m1/s1. The van der Waals surface area contributed by atoms with Crippen LogP contribution in [0.25, 0.3) is 0 Å². The number of benzene rings is 2. The van der Waals surface area contributed by atoms with Crippen LogP contribution in [-0.2, 0) is 0 Å². The predicted octanol–water partition coefficient (Wildman–Crippen LogP) is 3.23. The highest BCUT2D eigenvalue weighted by atomic mass is 19.1. The average molecular weight is 299 g/mol. The number of carbonyl (C=O) groups excluding carboxylic acids is 1. The average Bonchev–Trinajstić information content (AvgIpc) is 2.99. The van der Waals surface area contributed by atoms with Gasteiger partial charge in [-0.25, -0.2) is 9.18 Å². The molecule has 0 aromatic heterocycles. The third kappa shape index (κ3) is 3.36. The summed E-state index contributed by atoms with van der Waals surface area (Å²) in [5, 5.41) is 5.44. The molecule has 0 unspecified atom stereocenters. The van der Waals surface area contributed by atoms with Gasteiger partial charge in [0, 0.05) is 24.8 Å². The molecule has 114 valence electrons. The number of carbonyl (C=O) groups is 1. The molecular weight excluding hydrogens is 281 g/mol. The summed E-state index contributed by atoms with van der Waals surface area (Å²) in [6, 6.07) is 15.9. The Morgan fingerprint density at radius 2 is 1.82 bits per heavy atom. The Balaban J connectivity index is 1.54. The Labute approximate surface area is 128 Å². The number of amides is 2. The molecule has 3 rings (SSSR count). The normalized spacial score (nSPS) is 17.3. The van der Waals surface area contributed by atoms with Gasteiger partial charge < -0.3 is 15.5 Å². The number of hydrogen-bond acceptors (Lipinski definition) is 2. The molecule has 5 heteroatoms. The lowest BCUT2D eigenvalue weighted by Crippen LogP contribution is -2.39. The number of hydrogen-bond donors (Lipinski definition) is 2. The highest BCUT2D eigenvalue weighted by Gasteiger charge is 2.24. The van der Waals surface area contributed by atoms with E-state index in [-0.39, 0.29) is 17.8 Å². The molecule has 2 amide bonds. The molecule has 0 aliphatic carbocycles. The Morgan fingerprint density at radius 3 is 2.59 bits per heavy atom. The first kappa shape index (κ1) is 14.4. The van der Waals surface area contributed by atoms with Gasteiger partial charge in [-0.3, -0.25) is 0 Å². The second-order valence-electron chi connectivity index (χ2n) is 5.35. The molecule has 0 spiro atoms. The summed E-state index contributed by atoms with van der Waals surface area (Å²) < 4.78 is 13.5. The van der Waals surface area contributed by atoms with Crippen molar-refractivity contribution in [1.82, 2.24) is 5.32 Å². The van der Waals surface area contributed by atoms with Gasteiger partial charge in [-0.1, -0.05) is 30.3 Å². The van der Waals surface area contributed by atoms with E-state index in [9.17, 15) is 9.18 Å². The topological polar surface area (TPSA) is 44.4 Å². The van der Waals surface area contributed by atoms with Crippen LogP contribution in [0.1, 0.15) is 6.42 Å². The molecule has 2 aromatic carbocycles. The molecule has 2 aromatic rings. The van der Waals surface area contributed by atoms with Crippen LogP contribution in [0.5, 0.6) is 0 Å². The van der Waals surface area contributed by atoms with E-state index < -0.39 is 5.82 Å². The summed E-state index contributed by atoms with van der Waals surface area (Å²) in [6.07, 6.45) is 0.875. The van der Waals surface area contributed by atoms with Gasteiger partial charge in [0.1, 0.15) is 5.82 Å². The fourth-order valence-electron chi connectivity index (χ4n) is 2.66. The minimum absolute atomic E-state index is 0.0620.